The smallest absolute Gasteiger partial charge is 0.0851 e. The van der Waals surface area contributed by atoms with Crippen molar-refractivity contribution < 1.29 is 5.11 Å². The molecule has 20 heavy (non-hydrogen) atoms. The highest BCUT2D eigenvalue weighted by Gasteiger charge is 2.34. The van der Waals surface area contributed by atoms with Crippen LogP contribution < -0.4 is 0 Å². The van der Waals surface area contributed by atoms with E-state index in [9.17, 15) is 5.11 Å². The summed E-state index contributed by atoms with van der Waals surface area (Å²) in [6.45, 7) is 11.1. The summed E-state index contributed by atoms with van der Waals surface area (Å²) in [6.07, 6.45) is 5.13. The van der Waals surface area contributed by atoms with Gasteiger partial charge in [-0.2, -0.15) is 5.10 Å². The van der Waals surface area contributed by atoms with E-state index in [4.69, 9.17) is 0 Å². The van der Waals surface area contributed by atoms with Gasteiger partial charge < -0.3 is 5.11 Å². The number of hydrogen-bond acceptors (Lipinski definition) is 2. The van der Waals surface area contributed by atoms with Crippen LogP contribution in [0.4, 0.5) is 0 Å². The van der Waals surface area contributed by atoms with E-state index in [1.165, 1.54) is 6.42 Å². The average Bonchev–Trinajstić information content (AvgIpc) is 2.74. The minimum Gasteiger partial charge on any atom is -0.388 e. The first-order chi connectivity index (χ1) is 9.20. The third kappa shape index (κ3) is 3.08. The van der Waals surface area contributed by atoms with E-state index in [0.717, 1.165) is 30.0 Å². The maximum Gasteiger partial charge on any atom is 0.0851 e. The Labute approximate surface area is 123 Å². The average molecular weight is 278 g/mol. The van der Waals surface area contributed by atoms with Gasteiger partial charge in [-0.1, -0.05) is 41.0 Å². The van der Waals surface area contributed by atoms with E-state index in [1.54, 1.807) is 0 Å². The molecule has 0 amide bonds. The molecular weight excluding hydrogens is 248 g/mol. The van der Waals surface area contributed by atoms with E-state index in [0.29, 0.717) is 11.8 Å². The summed E-state index contributed by atoms with van der Waals surface area (Å²) >= 11 is 0. The summed E-state index contributed by atoms with van der Waals surface area (Å²) in [5, 5.41) is 15.4. The molecule has 3 nitrogen and oxygen atoms in total. The van der Waals surface area contributed by atoms with Gasteiger partial charge in [-0.05, 0) is 30.6 Å². The van der Waals surface area contributed by atoms with Crippen LogP contribution in [0.3, 0.4) is 0 Å². The highest BCUT2D eigenvalue weighted by atomic mass is 16.3. The van der Waals surface area contributed by atoms with Gasteiger partial charge in [-0.15, -0.1) is 0 Å². The van der Waals surface area contributed by atoms with E-state index in [-0.39, 0.29) is 11.5 Å². The van der Waals surface area contributed by atoms with Gasteiger partial charge in [-0.25, -0.2) is 0 Å². The summed E-state index contributed by atoms with van der Waals surface area (Å²) in [5.41, 5.74) is 2.05. The summed E-state index contributed by atoms with van der Waals surface area (Å²) in [5.74, 6) is 1.87. The highest BCUT2D eigenvalue weighted by molar-refractivity contribution is 5.27. The van der Waals surface area contributed by atoms with Gasteiger partial charge in [0.1, 0.15) is 0 Å². The van der Waals surface area contributed by atoms with Crippen molar-refractivity contribution in [1.82, 2.24) is 9.78 Å². The Morgan fingerprint density at radius 3 is 2.45 bits per heavy atom. The molecule has 2 rings (SSSR count). The van der Waals surface area contributed by atoms with E-state index >= 15 is 0 Å². The second kappa shape index (κ2) is 5.51. The molecule has 1 aliphatic carbocycles. The lowest BCUT2D eigenvalue weighted by Gasteiger charge is -2.35. The molecule has 1 heterocycles. The van der Waals surface area contributed by atoms with Crippen molar-refractivity contribution >= 4 is 0 Å². The lowest BCUT2D eigenvalue weighted by atomic mass is 9.72. The molecule has 0 aliphatic heterocycles. The molecule has 1 fully saturated rings. The van der Waals surface area contributed by atoms with Crippen LogP contribution in [0, 0.1) is 17.8 Å². The van der Waals surface area contributed by atoms with Crippen molar-refractivity contribution in [2.24, 2.45) is 24.8 Å². The van der Waals surface area contributed by atoms with Crippen LogP contribution in [-0.2, 0) is 12.5 Å². The quantitative estimate of drug-likeness (QED) is 0.893. The Kier molecular flexibility index (Phi) is 4.29. The normalized spacial score (nSPS) is 29.4. The van der Waals surface area contributed by atoms with E-state index < -0.39 is 0 Å². The van der Waals surface area contributed by atoms with Crippen molar-refractivity contribution in [3.8, 4) is 0 Å². The maximum absolute atomic E-state index is 10.9. The fourth-order valence-corrected chi connectivity index (χ4v) is 3.44. The summed E-state index contributed by atoms with van der Waals surface area (Å²) in [7, 11) is 1.94. The summed E-state index contributed by atoms with van der Waals surface area (Å²) in [6, 6.07) is 0. The number of rotatable bonds is 2. The summed E-state index contributed by atoms with van der Waals surface area (Å²) < 4.78 is 1.84. The summed E-state index contributed by atoms with van der Waals surface area (Å²) in [4.78, 5) is 0. The molecule has 1 aromatic rings. The molecule has 1 aromatic heterocycles. The Morgan fingerprint density at radius 1 is 1.25 bits per heavy atom. The number of aromatic nitrogens is 2. The fourth-order valence-electron chi connectivity index (χ4n) is 3.44. The molecule has 0 bridgehead atoms. The van der Waals surface area contributed by atoms with Crippen molar-refractivity contribution in [2.45, 2.75) is 65.4 Å². The van der Waals surface area contributed by atoms with Gasteiger partial charge in [0.2, 0.25) is 0 Å². The number of aliphatic hydroxyl groups excluding tert-OH is 1. The molecule has 0 aromatic carbocycles. The lowest BCUT2D eigenvalue weighted by Crippen LogP contribution is -2.26. The first kappa shape index (κ1) is 15.6. The first-order valence-electron chi connectivity index (χ1n) is 7.92. The molecule has 3 heteroatoms. The predicted molar refractivity (Wildman–Crippen MR) is 82.5 cm³/mol. The van der Waals surface area contributed by atoms with Crippen molar-refractivity contribution in [1.29, 1.82) is 0 Å². The van der Waals surface area contributed by atoms with Crippen LogP contribution >= 0.6 is 0 Å². The Morgan fingerprint density at radius 2 is 1.90 bits per heavy atom. The molecule has 0 saturated heterocycles. The van der Waals surface area contributed by atoms with Crippen LogP contribution in [0.5, 0.6) is 0 Å². The molecule has 1 aliphatic rings. The third-order valence-corrected chi connectivity index (χ3v) is 4.97. The number of nitrogens with zero attached hydrogens (tertiary/aromatic N) is 2. The van der Waals surface area contributed by atoms with Crippen molar-refractivity contribution in [3.63, 3.8) is 0 Å². The standard InChI is InChI=1S/C17H30N2O/c1-11-7-8-13(9-12(11)2)15(20)14-10-19(6)18-16(14)17(3,4)5/h10-13,15,20H,7-9H2,1-6H3. The van der Waals surface area contributed by atoms with Crippen molar-refractivity contribution in [2.75, 3.05) is 0 Å². The topological polar surface area (TPSA) is 38.0 Å². The van der Waals surface area contributed by atoms with Crippen molar-refractivity contribution in [3.05, 3.63) is 17.5 Å². The zero-order valence-corrected chi connectivity index (χ0v) is 13.8. The molecule has 0 spiro atoms. The molecule has 1 N–H and O–H groups in total. The lowest BCUT2D eigenvalue weighted by molar-refractivity contribution is 0.0549. The van der Waals surface area contributed by atoms with Gasteiger partial charge in [0, 0.05) is 24.2 Å². The van der Waals surface area contributed by atoms with Gasteiger partial charge in [0.25, 0.3) is 0 Å². The largest absolute Gasteiger partial charge is 0.388 e. The van der Waals surface area contributed by atoms with Crippen LogP contribution in [0.25, 0.3) is 0 Å². The Hall–Kier alpha value is -0.830. The van der Waals surface area contributed by atoms with Gasteiger partial charge >= 0.3 is 0 Å². The molecule has 0 radical (unpaired) electrons. The molecule has 4 atom stereocenters. The number of aliphatic hydroxyl groups is 1. The molecule has 1 saturated carbocycles. The zero-order valence-electron chi connectivity index (χ0n) is 13.8. The number of aryl methyl sites for hydroxylation is 1. The minimum absolute atomic E-state index is 0.0227. The van der Waals surface area contributed by atoms with Crippen LogP contribution in [-0.4, -0.2) is 14.9 Å². The zero-order chi connectivity index (χ0) is 15.1. The SMILES string of the molecule is CC1CCC(C(O)c2cn(C)nc2C(C)(C)C)CC1C. The second-order valence-electron chi connectivity index (χ2n) is 7.83. The predicted octanol–water partition coefficient (Wildman–Crippen LogP) is 3.82. The fraction of sp³-hybridized carbons (Fsp3) is 0.824. The third-order valence-electron chi connectivity index (χ3n) is 4.97. The van der Waals surface area contributed by atoms with Gasteiger partial charge in [0.15, 0.2) is 0 Å². The Bertz CT molecular complexity index is 458. The molecule has 114 valence electrons. The van der Waals surface area contributed by atoms with Crippen LogP contribution in [0.1, 0.15) is 71.2 Å². The monoisotopic (exact) mass is 278 g/mol. The second-order valence-corrected chi connectivity index (χ2v) is 7.83. The highest BCUT2D eigenvalue weighted by Crippen LogP contribution is 2.41. The number of hydrogen-bond donors (Lipinski definition) is 1. The maximum atomic E-state index is 10.9. The molecule has 4 unspecified atom stereocenters. The van der Waals surface area contributed by atoms with Crippen LogP contribution in [0.2, 0.25) is 0 Å². The molecular formula is C17H30N2O. The Balaban J connectivity index is 2.23. The van der Waals surface area contributed by atoms with Gasteiger partial charge in [-0.3, -0.25) is 4.68 Å². The minimum atomic E-state index is -0.368. The van der Waals surface area contributed by atoms with E-state index in [2.05, 4.69) is 39.7 Å². The van der Waals surface area contributed by atoms with Gasteiger partial charge in [0.05, 0.1) is 11.8 Å². The van der Waals surface area contributed by atoms with Crippen LogP contribution in [0.15, 0.2) is 6.20 Å². The first-order valence-corrected chi connectivity index (χ1v) is 7.92. The van der Waals surface area contributed by atoms with E-state index in [1.807, 2.05) is 17.9 Å².